The van der Waals surface area contributed by atoms with E-state index in [0.29, 0.717) is 29.7 Å². The fourth-order valence-electron chi connectivity index (χ4n) is 4.88. The summed E-state index contributed by atoms with van der Waals surface area (Å²) in [5.41, 5.74) is 2.13. The number of pyridine rings is 1. The van der Waals surface area contributed by atoms with E-state index in [2.05, 4.69) is 87.6 Å². The molecular formula is C29H50N4O. The molecule has 0 fully saturated rings. The predicted molar refractivity (Wildman–Crippen MR) is 148 cm³/mol. The van der Waals surface area contributed by atoms with Crippen LogP contribution < -0.4 is 10.1 Å². The van der Waals surface area contributed by atoms with Crippen molar-refractivity contribution in [1.29, 1.82) is 0 Å². The molecule has 192 valence electrons. The van der Waals surface area contributed by atoms with E-state index in [9.17, 15) is 0 Å². The number of benzene rings is 1. The van der Waals surface area contributed by atoms with Crippen LogP contribution in [0.3, 0.4) is 0 Å². The molecule has 0 aliphatic rings. The molecule has 2 aromatic rings. The number of hydrogen-bond donors (Lipinski definition) is 1. The lowest BCUT2D eigenvalue weighted by Crippen LogP contribution is -2.47. The maximum Gasteiger partial charge on any atom is 0.119 e. The van der Waals surface area contributed by atoms with Crippen LogP contribution in [0.4, 0.5) is 5.69 Å². The summed E-state index contributed by atoms with van der Waals surface area (Å²) >= 11 is 0. The number of nitrogens with zero attached hydrogens (tertiary/aromatic N) is 3. The maximum absolute atomic E-state index is 5.51. The van der Waals surface area contributed by atoms with E-state index in [4.69, 9.17) is 4.74 Å². The van der Waals surface area contributed by atoms with Gasteiger partial charge in [0.15, 0.2) is 0 Å². The van der Waals surface area contributed by atoms with Gasteiger partial charge in [0.2, 0.25) is 0 Å². The van der Waals surface area contributed by atoms with Crippen LogP contribution in [0, 0.1) is 23.7 Å². The number of anilines is 1. The van der Waals surface area contributed by atoms with Gasteiger partial charge in [-0.05, 0) is 47.9 Å². The van der Waals surface area contributed by atoms with Gasteiger partial charge >= 0.3 is 0 Å². The summed E-state index contributed by atoms with van der Waals surface area (Å²) in [4.78, 5) is 9.89. The monoisotopic (exact) mass is 470 g/mol. The summed E-state index contributed by atoms with van der Waals surface area (Å²) in [5.74, 6) is 3.45. The second kappa shape index (κ2) is 13.9. The quantitative estimate of drug-likeness (QED) is 0.333. The number of rotatable bonds is 15. The molecule has 0 aliphatic carbocycles. The Balaban J connectivity index is 2.37. The first-order valence-electron chi connectivity index (χ1n) is 13.2. The van der Waals surface area contributed by atoms with Gasteiger partial charge in [0, 0.05) is 56.5 Å². The van der Waals surface area contributed by atoms with E-state index in [1.165, 1.54) is 0 Å². The molecule has 1 aromatic heterocycles. The SMILES string of the molecule is COc1ccc2nccc(NC(CN(CC(C)C)CC(C)C)CN(CC(C)C)CC(C)C)c2c1. The Bertz CT molecular complexity index is 803. The van der Waals surface area contributed by atoms with Crippen LogP contribution in [0.5, 0.6) is 5.75 Å². The third-order valence-corrected chi connectivity index (χ3v) is 5.76. The molecule has 2 rings (SSSR count). The van der Waals surface area contributed by atoms with E-state index in [0.717, 1.165) is 61.6 Å². The van der Waals surface area contributed by atoms with Gasteiger partial charge in [0.1, 0.15) is 5.75 Å². The highest BCUT2D eigenvalue weighted by molar-refractivity contribution is 5.92. The van der Waals surface area contributed by atoms with Crippen molar-refractivity contribution in [2.75, 3.05) is 51.7 Å². The van der Waals surface area contributed by atoms with Crippen LogP contribution in [0.2, 0.25) is 0 Å². The maximum atomic E-state index is 5.51. The topological polar surface area (TPSA) is 40.6 Å². The molecule has 0 atom stereocenters. The van der Waals surface area contributed by atoms with Gasteiger partial charge in [-0.1, -0.05) is 55.4 Å². The highest BCUT2D eigenvalue weighted by Crippen LogP contribution is 2.27. The fourth-order valence-corrected chi connectivity index (χ4v) is 4.88. The molecule has 0 unspecified atom stereocenters. The largest absolute Gasteiger partial charge is 0.497 e. The van der Waals surface area contributed by atoms with Crippen molar-refractivity contribution in [3.63, 3.8) is 0 Å². The summed E-state index contributed by atoms with van der Waals surface area (Å²) in [6.45, 7) is 25.1. The smallest absolute Gasteiger partial charge is 0.119 e. The van der Waals surface area contributed by atoms with Gasteiger partial charge in [-0.3, -0.25) is 4.98 Å². The van der Waals surface area contributed by atoms with Gasteiger partial charge in [0.05, 0.1) is 18.7 Å². The van der Waals surface area contributed by atoms with Crippen LogP contribution in [0.15, 0.2) is 30.5 Å². The number of aromatic nitrogens is 1. The van der Waals surface area contributed by atoms with Gasteiger partial charge in [-0.25, -0.2) is 0 Å². The molecule has 0 amide bonds. The molecule has 5 nitrogen and oxygen atoms in total. The summed E-state index contributed by atoms with van der Waals surface area (Å²) in [7, 11) is 1.72. The van der Waals surface area contributed by atoms with Crippen molar-refractivity contribution in [1.82, 2.24) is 14.8 Å². The lowest BCUT2D eigenvalue weighted by atomic mass is 10.1. The lowest BCUT2D eigenvalue weighted by molar-refractivity contribution is 0.171. The summed E-state index contributed by atoms with van der Waals surface area (Å²) in [6, 6.07) is 8.55. The highest BCUT2D eigenvalue weighted by atomic mass is 16.5. The van der Waals surface area contributed by atoms with Gasteiger partial charge in [0.25, 0.3) is 0 Å². The van der Waals surface area contributed by atoms with E-state index >= 15 is 0 Å². The molecule has 0 radical (unpaired) electrons. The number of ether oxygens (including phenoxy) is 1. The predicted octanol–water partition coefficient (Wildman–Crippen LogP) is 6.25. The molecule has 0 aliphatic heterocycles. The average molecular weight is 471 g/mol. The third kappa shape index (κ3) is 9.79. The Hall–Kier alpha value is -1.85. The summed E-state index contributed by atoms with van der Waals surface area (Å²) in [6.07, 6.45) is 1.91. The molecule has 1 heterocycles. The third-order valence-electron chi connectivity index (χ3n) is 5.76. The number of hydrogen-bond acceptors (Lipinski definition) is 5. The number of nitrogens with one attached hydrogen (secondary N) is 1. The Labute approximate surface area is 209 Å². The standard InChI is InChI=1S/C29H50N4O/c1-21(2)15-32(16-22(3)4)19-25(20-33(17-23(5)6)18-24(7)8)31-29-12-13-30-28-11-10-26(34-9)14-27(28)29/h10-14,21-25H,15-20H2,1-9H3,(H,30,31). The van der Waals surface area contributed by atoms with E-state index in [-0.39, 0.29) is 0 Å². The van der Waals surface area contributed by atoms with E-state index in [1.807, 2.05) is 18.3 Å². The zero-order chi connectivity index (χ0) is 25.3. The number of fused-ring (bicyclic) bond motifs is 1. The van der Waals surface area contributed by atoms with E-state index in [1.54, 1.807) is 7.11 Å². The molecule has 0 spiro atoms. The second-order valence-electron chi connectivity index (χ2n) is 11.6. The highest BCUT2D eigenvalue weighted by Gasteiger charge is 2.21. The first-order valence-corrected chi connectivity index (χ1v) is 13.2. The normalized spacial score (nSPS) is 12.5. The fraction of sp³-hybridized carbons (Fsp3) is 0.690. The minimum Gasteiger partial charge on any atom is -0.497 e. The van der Waals surface area contributed by atoms with E-state index < -0.39 is 0 Å². The van der Waals surface area contributed by atoms with Crippen molar-refractivity contribution < 1.29 is 4.74 Å². The molecule has 5 heteroatoms. The Kier molecular flexibility index (Phi) is 11.6. The van der Waals surface area contributed by atoms with Crippen LogP contribution in [-0.4, -0.2) is 67.2 Å². The first-order chi connectivity index (χ1) is 16.1. The Morgan fingerprint density at radius 1 is 0.735 bits per heavy atom. The van der Waals surface area contributed by atoms with Crippen molar-refractivity contribution in [3.8, 4) is 5.75 Å². The Morgan fingerprint density at radius 2 is 1.24 bits per heavy atom. The first kappa shape index (κ1) is 28.4. The minimum absolute atomic E-state index is 0.312. The molecule has 1 aromatic carbocycles. The molecule has 1 N–H and O–H groups in total. The van der Waals surface area contributed by atoms with Crippen molar-refractivity contribution in [2.24, 2.45) is 23.7 Å². The molecular weight excluding hydrogens is 420 g/mol. The molecule has 34 heavy (non-hydrogen) atoms. The molecule has 0 saturated heterocycles. The van der Waals surface area contributed by atoms with Gasteiger partial charge < -0.3 is 19.9 Å². The Morgan fingerprint density at radius 3 is 1.68 bits per heavy atom. The van der Waals surface area contributed by atoms with Gasteiger partial charge in [-0.15, -0.1) is 0 Å². The average Bonchev–Trinajstić information content (AvgIpc) is 2.71. The van der Waals surface area contributed by atoms with Crippen LogP contribution in [0.1, 0.15) is 55.4 Å². The van der Waals surface area contributed by atoms with Crippen molar-refractivity contribution in [2.45, 2.75) is 61.4 Å². The lowest BCUT2D eigenvalue weighted by Gasteiger charge is -2.35. The zero-order valence-electron chi connectivity index (χ0n) is 23.3. The second-order valence-corrected chi connectivity index (χ2v) is 11.6. The number of methoxy groups -OCH3 is 1. The van der Waals surface area contributed by atoms with Crippen LogP contribution >= 0.6 is 0 Å². The zero-order valence-corrected chi connectivity index (χ0v) is 23.3. The minimum atomic E-state index is 0.312. The van der Waals surface area contributed by atoms with Crippen LogP contribution in [-0.2, 0) is 0 Å². The van der Waals surface area contributed by atoms with Crippen LogP contribution in [0.25, 0.3) is 10.9 Å². The van der Waals surface area contributed by atoms with Crippen molar-refractivity contribution >= 4 is 16.6 Å². The van der Waals surface area contributed by atoms with Gasteiger partial charge in [-0.2, -0.15) is 0 Å². The molecule has 0 bridgehead atoms. The summed E-state index contributed by atoms with van der Waals surface area (Å²) < 4.78 is 5.51. The molecule has 0 saturated carbocycles. The van der Waals surface area contributed by atoms with Crippen molar-refractivity contribution in [3.05, 3.63) is 30.5 Å². The summed E-state index contributed by atoms with van der Waals surface area (Å²) in [5, 5.41) is 5.06.